The lowest BCUT2D eigenvalue weighted by Crippen LogP contribution is -2.41. The van der Waals surface area contributed by atoms with E-state index in [2.05, 4.69) is 38.5 Å². The van der Waals surface area contributed by atoms with Crippen molar-refractivity contribution in [2.24, 2.45) is 0 Å². The molecule has 1 aromatic rings. The predicted molar refractivity (Wildman–Crippen MR) is 98.3 cm³/mol. The molecule has 1 aromatic carbocycles. The molecule has 4 nitrogen and oxygen atoms in total. The van der Waals surface area contributed by atoms with Crippen molar-refractivity contribution >= 4 is 44.6 Å². The van der Waals surface area contributed by atoms with Crippen LogP contribution in [0.4, 0.5) is 4.79 Å². The summed E-state index contributed by atoms with van der Waals surface area (Å²) in [4.78, 5) is 13.8. The quantitative estimate of drug-likeness (QED) is 0.582. The maximum Gasteiger partial charge on any atom is 0.410 e. The van der Waals surface area contributed by atoms with Crippen molar-refractivity contribution in [1.29, 1.82) is 0 Å². The molecule has 0 saturated carbocycles. The lowest BCUT2D eigenvalue weighted by atomic mass is 9.89. The molecule has 1 fully saturated rings. The monoisotopic (exact) mass is 481 g/mol. The largest absolute Gasteiger partial charge is 0.507 e. The Morgan fingerprint density at radius 1 is 1.36 bits per heavy atom. The number of ether oxygens (including phenoxy) is 1. The summed E-state index contributed by atoms with van der Waals surface area (Å²) in [7, 11) is 0. The number of phenolic OH excluding ortho intramolecular Hbond substituents is 1. The second-order valence-corrected chi connectivity index (χ2v) is 8.64. The Kier molecular flexibility index (Phi) is 5.63. The van der Waals surface area contributed by atoms with Crippen LogP contribution in [0.25, 0.3) is 0 Å². The zero-order valence-corrected chi connectivity index (χ0v) is 16.8. The van der Waals surface area contributed by atoms with Gasteiger partial charge in [-0.2, -0.15) is 0 Å². The van der Waals surface area contributed by atoms with Crippen LogP contribution in [0.2, 0.25) is 0 Å². The summed E-state index contributed by atoms with van der Waals surface area (Å²) in [5.74, 6) is 0.629. The van der Waals surface area contributed by atoms with Gasteiger partial charge in [0.15, 0.2) is 0 Å². The first-order chi connectivity index (χ1) is 10.2. The number of amides is 1. The number of carbonyl (C=O) groups excluding carboxylic acids is 1. The maximum atomic E-state index is 12.1. The van der Waals surface area contributed by atoms with Gasteiger partial charge >= 0.3 is 6.09 Å². The number of halogens is 2. The van der Waals surface area contributed by atoms with Gasteiger partial charge in [0.25, 0.3) is 0 Å². The first kappa shape index (κ1) is 17.8. The predicted octanol–water partition coefficient (Wildman–Crippen LogP) is 4.87. The molecule has 1 saturated heterocycles. The molecular formula is C16H21BrINO3. The van der Waals surface area contributed by atoms with Crippen molar-refractivity contribution in [2.45, 2.75) is 45.1 Å². The number of hydrogen-bond acceptors (Lipinski definition) is 3. The number of rotatable bonds is 1. The van der Waals surface area contributed by atoms with Crippen LogP contribution in [0.3, 0.4) is 0 Å². The minimum atomic E-state index is -0.466. The first-order valence-corrected chi connectivity index (χ1v) is 9.20. The van der Waals surface area contributed by atoms with Gasteiger partial charge in [0, 0.05) is 17.6 Å². The van der Waals surface area contributed by atoms with Gasteiger partial charge in [0.1, 0.15) is 11.4 Å². The molecule has 1 aliphatic rings. The molecule has 0 radical (unpaired) electrons. The van der Waals surface area contributed by atoms with E-state index in [0.717, 1.165) is 26.4 Å². The minimum absolute atomic E-state index is 0.251. The standard InChI is InChI=1S/C16H21BrINO3/c1-16(2,3)22-15(21)19-6-4-10(5-7-19)12-8-11(17)9-13(18)14(12)20/h8-10,20H,4-7H2,1-3H3. The van der Waals surface area contributed by atoms with Crippen LogP contribution in [0.15, 0.2) is 16.6 Å². The average molecular weight is 482 g/mol. The van der Waals surface area contributed by atoms with Crippen molar-refractivity contribution in [3.05, 3.63) is 25.7 Å². The number of nitrogens with zero attached hydrogens (tertiary/aromatic N) is 1. The highest BCUT2D eigenvalue weighted by atomic mass is 127. The molecule has 1 amide bonds. The Morgan fingerprint density at radius 2 is 1.95 bits per heavy atom. The highest BCUT2D eigenvalue weighted by Gasteiger charge is 2.29. The van der Waals surface area contributed by atoms with Crippen LogP contribution >= 0.6 is 38.5 Å². The summed E-state index contributed by atoms with van der Waals surface area (Å²) >= 11 is 5.62. The van der Waals surface area contributed by atoms with Crippen LogP contribution in [0, 0.1) is 3.57 Å². The Morgan fingerprint density at radius 3 is 2.50 bits per heavy atom. The van der Waals surface area contributed by atoms with Crippen molar-refractivity contribution in [1.82, 2.24) is 4.90 Å². The van der Waals surface area contributed by atoms with E-state index in [1.54, 1.807) is 4.90 Å². The van der Waals surface area contributed by atoms with Crippen LogP contribution in [-0.4, -0.2) is 34.8 Å². The van der Waals surface area contributed by atoms with E-state index in [-0.39, 0.29) is 12.0 Å². The third-order valence-electron chi connectivity index (χ3n) is 3.64. The molecule has 1 heterocycles. The van der Waals surface area contributed by atoms with E-state index in [1.807, 2.05) is 32.9 Å². The zero-order chi connectivity index (χ0) is 16.5. The summed E-state index contributed by atoms with van der Waals surface area (Å²) < 4.78 is 7.22. The van der Waals surface area contributed by atoms with Gasteiger partial charge in [-0.25, -0.2) is 4.79 Å². The summed E-state index contributed by atoms with van der Waals surface area (Å²) in [6.45, 7) is 6.93. The maximum absolute atomic E-state index is 12.1. The van der Waals surface area contributed by atoms with E-state index in [1.165, 1.54) is 0 Å². The second-order valence-electron chi connectivity index (χ2n) is 6.57. The lowest BCUT2D eigenvalue weighted by Gasteiger charge is -2.34. The summed E-state index contributed by atoms with van der Waals surface area (Å²) in [5, 5.41) is 10.3. The van der Waals surface area contributed by atoms with Crippen LogP contribution in [-0.2, 0) is 4.74 Å². The summed E-state index contributed by atoms with van der Waals surface area (Å²) in [6, 6.07) is 3.88. The van der Waals surface area contributed by atoms with E-state index in [9.17, 15) is 9.90 Å². The molecule has 0 aliphatic carbocycles. The molecular weight excluding hydrogens is 461 g/mol. The molecule has 22 heavy (non-hydrogen) atoms. The number of hydrogen-bond donors (Lipinski definition) is 1. The number of benzene rings is 1. The van der Waals surface area contributed by atoms with Crippen molar-refractivity contribution in [3.8, 4) is 5.75 Å². The number of carbonyl (C=O) groups is 1. The number of aromatic hydroxyl groups is 1. The van der Waals surface area contributed by atoms with E-state index in [0.29, 0.717) is 18.8 Å². The van der Waals surface area contributed by atoms with E-state index in [4.69, 9.17) is 4.74 Å². The fourth-order valence-corrected chi connectivity index (χ4v) is 4.15. The Balaban J connectivity index is 2.02. The normalized spacial score (nSPS) is 16.7. The topological polar surface area (TPSA) is 49.8 Å². The van der Waals surface area contributed by atoms with Gasteiger partial charge in [0.2, 0.25) is 0 Å². The minimum Gasteiger partial charge on any atom is -0.507 e. The third kappa shape index (κ3) is 4.50. The van der Waals surface area contributed by atoms with Crippen molar-refractivity contribution < 1.29 is 14.6 Å². The van der Waals surface area contributed by atoms with Gasteiger partial charge in [0.05, 0.1) is 3.57 Å². The fraction of sp³-hybridized carbons (Fsp3) is 0.562. The number of phenols is 1. The van der Waals surface area contributed by atoms with Gasteiger partial charge in [-0.3, -0.25) is 0 Å². The highest BCUT2D eigenvalue weighted by molar-refractivity contribution is 14.1. The summed E-state index contributed by atoms with van der Waals surface area (Å²) in [6.07, 6.45) is 1.41. The molecule has 122 valence electrons. The highest BCUT2D eigenvalue weighted by Crippen LogP contribution is 2.38. The molecule has 0 aromatic heterocycles. The smallest absolute Gasteiger partial charge is 0.410 e. The lowest BCUT2D eigenvalue weighted by molar-refractivity contribution is 0.0204. The molecule has 6 heteroatoms. The van der Waals surface area contributed by atoms with Gasteiger partial charge in [-0.15, -0.1) is 0 Å². The summed E-state index contributed by atoms with van der Waals surface area (Å²) in [5.41, 5.74) is 0.495. The molecule has 0 bridgehead atoms. The van der Waals surface area contributed by atoms with Crippen LogP contribution in [0.1, 0.15) is 45.1 Å². The zero-order valence-electron chi connectivity index (χ0n) is 13.0. The van der Waals surface area contributed by atoms with Gasteiger partial charge in [-0.1, -0.05) is 15.9 Å². The molecule has 1 N–H and O–H groups in total. The number of piperidine rings is 1. The average Bonchev–Trinajstić information content (AvgIpc) is 2.41. The SMILES string of the molecule is CC(C)(C)OC(=O)N1CCC(c2cc(Br)cc(I)c2O)CC1. The van der Waals surface area contributed by atoms with Gasteiger partial charge in [-0.05, 0) is 79.8 Å². The van der Waals surface area contributed by atoms with E-state index >= 15 is 0 Å². The molecule has 0 atom stereocenters. The first-order valence-electron chi connectivity index (χ1n) is 7.33. The molecule has 2 rings (SSSR count). The van der Waals surface area contributed by atoms with Crippen molar-refractivity contribution in [2.75, 3.05) is 13.1 Å². The Labute approximate surface area is 153 Å². The fourth-order valence-electron chi connectivity index (χ4n) is 2.60. The van der Waals surface area contributed by atoms with Crippen molar-refractivity contribution in [3.63, 3.8) is 0 Å². The van der Waals surface area contributed by atoms with Gasteiger partial charge < -0.3 is 14.7 Å². The molecule has 1 aliphatic heterocycles. The van der Waals surface area contributed by atoms with E-state index < -0.39 is 5.60 Å². The van der Waals surface area contributed by atoms with Crippen LogP contribution in [0.5, 0.6) is 5.75 Å². The molecule has 0 spiro atoms. The Bertz CT molecular complexity index is 563. The molecule has 0 unspecified atom stereocenters. The Hall–Kier alpha value is -0.500. The number of likely N-dealkylation sites (tertiary alicyclic amines) is 1. The third-order valence-corrected chi connectivity index (χ3v) is 4.92. The van der Waals surface area contributed by atoms with Crippen LogP contribution < -0.4 is 0 Å². The second kappa shape index (κ2) is 6.95.